The van der Waals surface area contributed by atoms with Gasteiger partial charge in [0.25, 0.3) is 0 Å². The molecule has 1 saturated carbocycles. The molecule has 0 saturated heterocycles. The summed E-state index contributed by atoms with van der Waals surface area (Å²) >= 11 is 0. The molecule has 1 fully saturated rings. The number of hydrogen-bond acceptors (Lipinski definition) is 4. The van der Waals surface area contributed by atoms with Crippen LogP contribution in [-0.2, 0) is 10.0 Å². The van der Waals surface area contributed by atoms with E-state index < -0.39 is 10.0 Å². The van der Waals surface area contributed by atoms with Gasteiger partial charge in [-0.3, -0.25) is 0 Å². The molecular weight excluding hydrogens is 274 g/mol. The van der Waals surface area contributed by atoms with Gasteiger partial charge in [-0.1, -0.05) is 6.07 Å². The molecule has 2 N–H and O–H groups in total. The van der Waals surface area contributed by atoms with Crippen LogP contribution >= 0.6 is 0 Å². The molecule has 20 heavy (non-hydrogen) atoms. The number of rotatable bonds is 5. The molecule has 1 aromatic rings. The van der Waals surface area contributed by atoms with Crippen molar-refractivity contribution in [3.8, 4) is 0 Å². The molecule has 0 aromatic heterocycles. The van der Waals surface area contributed by atoms with Crippen molar-refractivity contribution in [2.24, 2.45) is 0 Å². The van der Waals surface area contributed by atoms with Crippen molar-refractivity contribution in [3.63, 3.8) is 0 Å². The van der Waals surface area contributed by atoms with Crippen LogP contribution in [0.25, 0.3) is 0 Å². The molecule has 1 aliphatic rings. The van der Waals surface area contributed by atoms with E-state index in [-0.39, 0.29) is 10.4 Å². The van der Waals surface area contributed by atoms with Crippen LogP contribution in [0.3, 0.4) is 0 Å². The Labute approximate surface area is 121 Å². The Morgan fingerprint density at radius 3 is 2.35 bits per heavy atom. The van der Waals surface area contributed by atoms with Gasteiger partial charge in [-0.15, -0.1) is 0 Å². The highest BCUT2D eigenvalue weighted by Gasteiger charge is 2.42. The van der Waals surface area contributed by atoms with Gasteiger partial charge in [0.15, 0.2) is 0 Å². The molecule has 0 radical (unpaired) electrons. The van der Waals surface area contributed by atoms with Crippen LogP contribution in [0.4, 0.5) is 5.69 Å². The predicted molar refractivity (Wildman–Crippen MR) is 80.9 cm³/mol. The molecule has 0 spiro atoms. The molecule has 5 nitrogen and oxygen atoms in total. The molecule has 0 amide bonds. The summed E-state index contributed by atoms with van der Waals surface area (Å²) in [6.07, 6.45) is 3.23. The minimum Gasteiger partial charge on any atom is -0.399 e. The summed E-state index contributed by atoms with van der Waals surface area (Å²) in [6.45, 7) is 0.511. The number of likely N-dealkylation sites (N-methyl/N-ethyl adjacent to an activating group) is 2. The molecule has 0 bridgehead atoms. The largest absolute Gasteiger partial charge is 0.399 e. The first-order valence-electron chi connectivity index (χ1n) is 6.77. The van der Waals surface area contributed by atoms with Crippen LogP contribution in [-0.4, -0.2) is 50.8 Å². The van der Waals surface area contributed by atoms with Crippen molar-refractivity contribution < 1.29 is 8.42 Å². The first-order chi connectivity index (χ1) is 9.28. The van der Waals surface area contributed by atoms with Gasteiger partial charge in [-0.2, -0.15) is 4.31 Å². The highest BCUT2D eigenvalue weighted by atomic mass is 32.2. The summed E-state index contributed by atoms with van der Waals surface area (Å²) < 4.78 is 26.6. The van der Waals surface area contributed by atoms with E-state index in [4.69, 9.17) is 5.73 Å². The predicted octanol–water partition coefficient (Wildman–Crippen LogP) is 1.37. The molecule has 0 aliphatic heterocycles. The minimum atomic E-state index is -3.48. The van der Waals surface area contributed by atoms with Crippen molar-refractivity contribution in [2.45, 2.75) is 29.7 Å². The Morgan fingerprint density at radius 1 is 1.25 bits per heavy atom. The summed E-state index contributed by atoms with van der Waals surface area (Å²) in [7, 11) is 2.19. The quantitative estimate of drug-likeness (QED) is 0.834. The summed E-state index contributed by atoms with van der Waals surface area (Å²) in [6, 6.07) is 6.45. The fourth-order valence-electron chi connectivity index (χ4n) is 2.69. The third kappa shape index (κ3) is 2.68. The second kappa shape index (κ2) is 5.35. The third-order valence-electron chi connectivity index (χ3n) is 4.32. The lowest BCUT2D eigenvalue weighted by molar-refractivity contribution is 0.0455. The number of nitrogens with two attached hydrogens (primary N) is 1. The average molecular weight is 297 g/mol. The summed E-state index contributed by atoms with van der Waals surface area (Å²) in [4.78, 5) is 2.40. The Bertz CT molecular complexity index is 580. The monoisotopic (exact) mass is 297 g/mol. The van der Waals surface area contributed by atoms with Crippen LogP contribution < -0.4 is 5.73 Å². The maximum Gasteiger partial charge on any atom is 0.242 e. The van der Waals surface area contributed by atoms with E-state index in [1.165, 1.54) is 10.4 Å². The molecule has 6 heteroatoms. The zero-order valence-corrected chi connectivity index (χ0v) is 13.2. The topological polar surface area (TPSA) is 66.6 Å². The SMILES string of the molecule is CN(C)C1(CN(C)S(=O)(=O)c2cccc(N)c2)CCC1. The van der Waals surface area contributed by atoms with Crippen molar-refractivity contribution in [1.29, 1.82) is 0 Å². The van der Waals surface area contributed by atoms with E-state index >= 15 is 0 Å². The van der Waals surface area contributed by atoms with Gasteiger partial charge in [0, 0.05) is 24.8 Å². The zero-order chi connectivity index (χ0) is 15.0. The lowest BCUT2D eigenvalue weighted by Gasteiger charge is -2.48. The van der Waals surface area contributed by atoms with Crippen molar-refractivity contribution in [3.05, 3.63) is 24.3 Å². The maximum atomic E-state index is 12.6. The van der Waals surface area contributed by atoms with Crippen molar-refractivity contribution in [1.82, 2.24) is 9.21 Å². The molecule has 0 heterocycles. The molecule has 1 aromatic carbocycles. The second-order valence-corrected chi connectivity index (χ2v) is 7.85. The van der Waals surface area contributed by atoms with Gasteiger partial charge in [0.2, 0.25) is 10.0 Å². The number of sulfonamides is 1. The van der Waals surface area contributed by atoms with Gasteiger partial charge < -0.3 is 10.6 Å². The standard InChI is InChI=1S/C14H23N3O2S/c1-16(2)14(8-5-9-14)11-17(3)20(18,19)13-7-4-6-12(15)10-13/h4,6-7,10H,5,8-9,11,15H2,1-3H3. The Balaban J connectivity index is 2.22. The minimum absolute atomic E-state index is 0.0256. The summed E-state index contributed by atoms with van der Waals surface area (Å²) in [5.74, 6) is 0. The molecule has 2 rings (SSSR count). The fraction of sp³-hybridized carbons (Fsp3) is 0.571. The molecule has 0 atom stereocenters. The number of benzene rings is 1. The van der Waals surface area contributed by atoms with Crippen LogP contribution in [0.1, 0.15) is 19.3 Å². The van der Waals surface area contributed by atoms with Crippen LogP contribution in [0.5, 0.6) is 0 Å². The van der Waals surface area contributed by atoms with Crippen molar-refractivity contribution in [2.75, 3.05) is 33.4 Å². The van der Waals surface area contributed by atoms with Gasteiger partial charge in [0.1, 0.15) is 0 Å². The van der Waals surface area contributed by atoms with Crippen LogP contribution in [0.2, 0.25) is 0 Å². The lowest BCUT2D eigenvalue weighted by atomic mass is 9.75. The molecular formula is C14H23N3O2S. The van der Waals surface area contributed by atoms with E-state index in [2.05, 4.69) is 4.90 Å². The Morgan fingerprint density at radius 2 is 1.90 bits per heavy atom. The van der Waals surface area contributed by atoms with Crippen LogP contribution in [0, 0.1) is 0 Å². The third-order valence-corrected chi connectivity index (χ3v) is 6.12. The van der Waals surface area contributed by atoms with Crippen molar-refractivity contribution >= 4 is 15.7 Å². The smallest absolute Gasteiger partial charge is 0.242 e. The summed E-state index contributed by atoms with van der Waals surface area (Å²) in [5.41, 5.74) is 6.11. The summed E-state index contributed by atoms with van der Waals surface area (Å²) in [5, 5.41) is 0. The van der Waals surface area contributed by atoms with Gasteiger partial charge >= 0.3 is 0 Å². The highest BCUT2D eigenvalue weighted by molar-refractivity contribution is 7.89. The lowest BCUT2D eigenvalue weighted by Crippen LogP contribution is -2.57. The maximum absolute atomic E-state index is 12.6. The van der Waals surface area contributed by atoms with Gasteiger partial charge in [-0.25, -0.2) is 8.42 Å². The molecule has 112 valence electrons. The number of hydrogen-bond donors (Lipinski definition) is 1. The first-order valence-corrected chi connectivity index (χ1v) is 8.21. The van der Waals surface area contributed by atoms with E-state index in [0.717, 1.165) is 19.3 Å². The van der Waals surface area contributed by atoms with E-state index in [9.17, 15) is 8.42 Å². The van der Waals surface area contributed by atoms with Crippen LogP contribution in [0.15, 0.2) is 29.2 Å². The first kappa shape index (κ1) is 15.3. The number of nitrogens with zero attached hydrogens (tertiary/aromatic N) is 2. The van der Waals surface area contributed by atoms with E-state index in [0.29, 0.717) is 12.2 Å². The Hall–Kier alpha value is -1.11. The normalized spacial score (nSPS) is 18.2. The number of anilines is 1. The molecule has 0 unspecified atom stereocenters. The van der Waals surface area contributed by atoms with E-state index in [1.807, 2.05) is 14.1 Å². The highest BCUT2D eigenvalue weighted by Crippen LogP contribution is 2.37. The molecule has 1 aliphatic carbocycles. The van der Waals surface area contributed by atoms with E-state index in [1.54, 1.807) is 25.2 Å². The van der Waals surface area contributed by atoms with Gasteiger partial charge in [-0.05, 0) is 51.6 Å². The fourth-order valence-corrected chi connectivity index (χ4v) is 3.99. The second-order valence-electron chi connectivity index (χ2n) is 5.81. The average Bonchev–Trinajstić information content (AvgIpc) is 2.32. The zero-order valence-electron chi connectivity index (χ0n) is 12.3. The number of nitrogen functional groups attached to an aromatic ring is 1. The van der Waals surface area contributed by atoms with Gasteiger partial charge in [0.05, 0.1) is 4.90 Å². The Kier molecular flexibility index (Phi) is 4.09.